The lowest BCUT2D eigenvalue weighted by atomic mass is 10.0. The molecule has 133 heavy (non-hydrogen) atoms. The van der Waals surface area contributed by atoms with E-state index in [1.165, 1.54) is 108 Å². The van der Waals surface area contributed by atoms with Gasteiger partial charge in [0, 0.05) is 146 Å². The Morgan fingerprint density at radius 3 is 0.677 bits per heavy atom. The fourth-order valence-corrected chi connectivity index (χ4v) is 23.5. The van der Waals surface area contributed by atoms with Gasteiger partial charge < -0.3 is 0 Å². The second-order valence-corrected chi connectivity index (χ2v) is 37.4. The number of benzene rings is 18. The van der Waals surface area contributed by atoms with Crippen LogP contribution in [0.15, 0.2) is 425 Å². The van der Waals surface area contributed by atoms with Crippen molar-refractivity contribution in [2.75, 3.05) is 0 Å². The van der Waals surface area contributed by atoms with Gasteiger partial charge in [-0.15, -0.1) is 45.3 Å². The quantitative estimate of drug-likeness (QED) is 0.124. The minimum absolute atomic E-state index is 0.599. The zero-order valence-electron chi connectivity index (χ0n) is 70.9. The number of aromatic nitrogens is 12. The number of nitrogens with zero attached hydrogens (tertiary/aromatic N) is 12. The molecule has 0 aliphatic heterocycles. The Labute approximate surface area is 777 Å². The van der Waals surface area contributed by atoms with Crippen molar-refractivity contribution < 1.29 is 0 Å². The Bertz CT molecular complexity index is 9310. The minimum atomic E-state index is 0.599. The van der Waals surface area contributed by atoms with Crippen molar-refractivity contribution in [2.24, 2.45) is 0 Å². The fourth-order valence-electron chi connectivity index (χ4n) is 18.9. The van der Waals surface area contributed by atoms with Gasteiger partial charge in [-0.25, -0.2) is 15.0 Å². The number of fused-ring (bicyclic) bond motifs is 21. The first-order valence-corrected chi connectivity index (χ1v) is 47.4. The van der Waals surface area contributed by atoms with Crippen LogP contribution < -0.4 is 0 Å². The van der Waals surface area contributed by atoms with E-state index in [2.05, 4.69) is 396 Å². The lowest BCUT2D eigenvalue weighted by Gasteiger charge is -2.11. The third-order valence-corrected chi connectivity index (χ3v) is 29.8. The molecule has 0 amide bonds. The zero-order chi connectivity index (χ0) is 87.6. The van der Waals surface area contributed by atoms with Crippen molar-refractivity contribution in [1.29, 1.82) is 0 Å². The van der Waals surface area contributed by atoms with E-state index in [1.807, 2.05) is 42.5 Å². The summed E-state index contributed by atoms with van der Waals surface area (Å²) in [7, 11) is 0. The van der Waals surface area contributed by atoms with E-state index < -0.39 is 0 Å². The Balaban J connectivity index is 0.000000104. The van der Waals surface area contributed by atoms with Crippen LogP contribution in [0.2, 0.25) is 0 Å². The van der Waals surface area contributed by atoms with E-state index >= 15 is 0 Å². The summed E-state index contributed by atoms with van der Waals surface area (Å²) in [4.78, 5) is 46.1. The van der Waals surface area contributed by atoms with Crippen LogP contribution in [-0.4, -0.2) is 58.6 Å². The SMILES string of the molecule is c1ccc(-c2ccc3c(c2)c2ccccc2n3-c2nc(-c3ccccc3)nc(-c3ccc4c(c3)sc3ccccc34)n2)cc1.c1ccc(-c2ccc3c4ccccc4n(-c4nc(-c5ccccc5)nc(-c5ccc6c(c5)sc5ccccc56)n4)c3c2)cc1.c1ccc2c(c1)sc1cc(-c3nc(-c4ccc5c(c4)sc4ccccc45)nc(-n4c5ccccc5c5ccccc54)n3)ccc12. The van der Waals surface area contributed by atoms with Gasteiger partial charge in [-0.1, -0.05) is 334 Å². The van der Waals surface area contributed by atoms with Crippen molar-refractivity contribution in [1.82, 2.24) is 58.6 Å². The third kappa shape index (κ3) is 13.6. The average molecular weight is 1770 g/mol. The molecular formula is C117H70N12S4. The Hall–Kier alpha value is -16.7. The van der Waals surface area contributed by atoms with Gasteiger partial charge >= 0.3 is 0 Å². The van der Waals surface area contributed by atoms with E-state index in [1.54, 1.807) is 45.3 Å². The zero-order valence-corrected chi connectivity index (χ0v) is 74.2. The number of rotatable bonds is 11. The smallest absolute Gasteiger partial charge is 0.238 e. The molecule has 0 unspecified atom stereocenters. The first-order chi connectivity index (χ1) is 65.9. The van der Waals surface area contributed by atoms with Crippen molar-refractivity contribution in [3.05, 3.63) is 425 Å². The molecule has 0 atom stereocenters. The van der Waals surface area contributed by atoms with E-state index in [0.717, 1.165) is 93.6 Å². The van der Waals surface area contributed by atoms with Gasteiger partial charge in [0.25, 0.3) is 0 Å². The highest BCUT2D eigenvalue weighted by Gasteiger charge is 2.25. The summed E-state index contributed by atoms with van der Waals surface area (Å²) in [5, 5.41) is 17.1. The van der Waals surface area contributed by atoms with Crippen LogP contribution in [0, 0.1) is 0 Å². The lowest BCUT2D eigenvalue weighted by molar-refractivity contribution is 0.953. The molecule has 0 aliphatic carbocycles. The number of para-hydroxylation sites is 4. The normalized spacial score (nSPS) is 11.8. The predicted molar refractivity (Wildman–Crippen MR) is 558 cm³/mol. The van der Waals surface area contributed by atoms with Crippen LogP contribution in [0.25, 0.3) is 255 Å². The molecule has 0 aliphatic rings. The molecule has 0 spiro atoms. The predicted octanol–water partition coefficient (Wildman–Crippen LogP) is 31.7. The highest BCUT2D eigenvalue weighted by atomic mass is 32.1. The van der Waals surface area contributed by atoms with Gasteiger partial charge in [-0.2, -0.15) is 29.9 Å². The molecule has 28 rings (SSSR count). The molecule has 622 valence electrons. The largest absolute Gasteiger partial charge is 0.278 e. The molecule has 12 nitrogen and oxygen atoms in total. The molecule has 18 aromatic carbocycles. The summed E-state index contributed by atoms with van der Waals surface area (Å²) < 4.78 is 16.5. The van der Waals surface area contributed by atoms with Crippen LogP contribution in [0.3, 0.4) is 0 Å². The summed E-state index contributed by atoms with van der Waals surface area (Å²) in [6.45, 7) is 0. The van der Waals surface area contributed by atoms with Gasteiger partial charge in [0.15, 0.2) is 34.9 Å². The molecule has 28 aromatic rings. The molecule has 0 N–H and O–H groups in total. The summed E-state index contributed by atoms with van der Waals surface area (Å²) in [5.41, 5.74) is 16.9. The molecular weight excluding hydrogens is 1700 g/mol. The molecule has 10 aromatic heterocycles. The highest BCUT2D eigenvalue weighted by molar-refractivity contribution is 7.27. The molecule has 16 heteroatoms. The summed E-state index contributed by atoms with van der Waals surface area (Å²) in [5.74, 6) is 5.73. The minimum Gasteiger partial charge on any atom is -0.278 e. The topological polar surface area (TPSA) is 131 Å². The standard InChI is InChI=1S/C39H22N4S2.2C39H24N4S/c1-5-13-31-25(9-1)26-10-2-6-14-32(26)43(31)39-41-37(23-17-19-29-27-11-3-7-15-33(27)44-35(29)21-23)40-38(42-39)24-18-20-30-28-12-4-8-16-34(28)45-36(30)22-24;1-3-11-25(12-4-1)27-20-22-34-32(23-27)29-15-7-9-17-33(29)43(34)39-41-37(26-13-5-2-6-14-26)40-38(42-39)28-19-21-31-30-16-8-10-18-35(30)44-36(31)24-28;1-3-11-25(12-4-1)27-19-21-30-29-15-7-9-17-33(29)43(34(30)23-27)39-41-37(26-13-5-2-6-14-26)40-38(42-39)28-20-22-32-31-16-8-10-18-35(31)44-36(32)24-28/h1-22H;2*1-24H. The van der Waals surface area contributed by atoms with Gasteiger partial charge in [0.05, 0.1) is 33.1 Å². The number of hydrogen-bond acceptors (Lipinski definition) is 13. The van der Waals surface area contributed by atoms with Crippen LogP contribution in [-0.2, 0) is 0 Å². The van der Waals surface area contributed by atoms with Crippen LogP contribution in [0.1, 0.15) is 0 Å². The van der Waals surface area contributed by atoms with E-state index in [-0.39, 0.29) is 0 Å². The maximum absolute atomic E-state index is 5.18. The first kappa shape index (κ1) is 77.4. The fraction of sp³-hybridized carbons (Fsp3) is 0. The maximum atomic E-state index is 5.18. The first-order valence-electron chi connectivity index (χ1n) is 44.1. The Morgan fingerprint density at radius 2 is 0.346 bits per heavy atom. The Kier molecular flexibility index (Phi) is 18.7. The highest BCUT2D eigenvalue weighted by Crippen LogP contribution is 2.45. The monoisotopic (exact) mass is 1770 g/mol. The van der Waals surface area contributed by atoms with E-state index in [9.17, 15) is 0 Å². The number of hydrogen-bond donors (Lipinski definition) is 0. The van der Waals surface area contributed by atoms with E-state index in [4.69, 9.17) is 44.9 Å². The molecule has 10 heterocycles. The summed E-state index contributed by atoms with van der Waals surface area (Å²) >= 11 is 7.21. The van der Waals surface area contributed by atoms with Crippen molar-refractivity contribution in [3.63, 3.8) is 0 Å². The second kappa shape index (κ2) is 32.2. The third-order valence-electron chi connectivity index (χ3n) is 25.2. The summed E-state index contributed by atoms with van der Waals surface area (Å²) in [6.07, 6.45) is 0. The molecule has 0 saturated carbocycles. The van der Waals surface area contributed by atoms with Gasteiger partial charge in [0.1, 0.15) is 0 Å². The molecule has 0 fully saturated rings. The average Bonchev–Trinajstić information content (AvgIpc) is 1.59. The van der Waals surface area contributed by atoms with Crippen molar-refractivity contribution in [3.8, 4) is 108 Å². The number of thiophene rings is 4. The van der Waals surface area contributed by atoms with Gasteiger partial charge in [-0.05, 0) is 113 Å². The van der Waals surface area contributed by atoms with E-state index in [0.29, 0.717) is 52.8 Å². The summed E-state index contributed by atoms with van der Waals surface area (Å²) in [6, 6.07) is 149. The molecule has 0 radical (unpaired) electrons. The van der Waals surface area contributed by atoms with Crippen LogP contribution >= 0.6 is 45.3 Å². The van der Waals surface area contributed by atoms with Crippen molar-refractivity contribution in [2.45, 2.75) is 0 Å². The second-order valence-electron chi connectivity index (χ2n) is 33.1. The maximum Gasteiger partial charge on any atom is 0.238 e. The van der Waals surface area contributed by atoms with Crippen LogP contribution in [0.4, 0.5) is 0 Å². The molecule has 0 saturated heterocycles. The lowest BCUT2D eigenvalue weighted by Crippen LogP contribution is -2.06. The van der Waals surface area contributed by atoms with Gasteiger partial charge in [0.2, 0.25) is 17.8 Å². The molecule has 0 bridgehead atoms. The van der Waals surface area contributed by atoms with Gasteiger partial charge in [-0.3, -0.25) is 13.7 Å². The van der Waals surface area contributed by atoms with Crippen LogP contribution in [0.5, 0.6) is 0 Å². The van der Waals surface area contributed by atoms with Crippen molar-refractivity contribution >= 4 is 191 Å². The Morgan fingerprint density at radius 1 is 0.128 bits per heavy atom.